The molecule has 4 nitrogen and oxygen atoms in total. The van der Waals surface area contributed by atoms with Crippen LogP contribution in [-0.4, -0.2) is 12.0 Å². The number of anilines is 1. The number of nitrogens with two attached hydrogens (primary N) is 1. The minimum Gasteiger partial charge on any atom is -0.432 e. The van der Waals surface area contributed by atoms with Gasteiger partial charge in [-0.2, -0.15) is 4.98 Å². The van der Waals surface area contributed by atoms with Gasteiger partial charge in [-0.15, -0.1) is 0 Å². The molecule has 1 heterocycles. The molecular formula is C13H17N3O. The van der Waals surface area contributed by atoms with E-state index in [0.29, 0.717) is 12.6 Å². The lowest BCUT2D eigenvalue weighted by Crippen LogP contribution is -2.17. The summed E-state index contributed by atoms with van der Waals surface area (Å²) < 4.78 is 5.36. The largest absolute Gasteiger partial charge is 0.432 e. The highest BCUT2D eigenvalue weighted by molar-refractivity contribution is 5.32. The molecule has 17 heavy (non-hydrogen) atoms. The van der Waals surface area contributed by atoms with Crippen LogP contribution in [0.1, 0.15) is 16.8 Å². The second-order valence-electron chi connectivity index (χ2n) is 4.11. The van der Waals surface area contributed by atoms with E-state index in [0.717, 1.165) is 12.2 Å². The fraction of sp³-hybridized carbons (Fsp3) is 0.308. The van der Waals surface area contributed by atoms with E-state index in [9.17, 15) is 0 Å². The molecule has 1 aromatic carbocycles. The number of rotatable bonds is 4. The summed E-state index contributed by atoms with van der Waals surface area (Å²) >= 11 is 0. The van der Waals surface area contributed by atoms with Crippen LogP contribution in [0.5, 0.6) is 0 Å². The van der Waals surface area contributed by atoms with Crippen molar-refractivity contribution in [1.29, 1.82) is 0 Å². The molecule has 2 aromatic rings. The van der Waals surface area contributed by atoms with Gasteiger partial charge in [-0.05, 0) is 18.1 Å². The summed E-state index contributed by atoms with van der Waals surface area (Å²) in [6, 6.07) is 8.89. The van der Waals surface area contributed by atoms with Crippen LogP contribution in [0, 0.1) is 6.92 Å². The van der Waals surface area contributed by atoms with Gasteiger partial charge >= 0.3 is 0 Å². The molecule has 0 bridgehead atoms. The molecule has 0 atom stereocenters. The lowest BCUT2D eigenvalue weighted by molar-refractivity contribution is 0.543. The van der Waals surface area contributed by atoms with Gasteiger partial charge in [-0.25, -0.2) is 0 Å². The summed E-state index contributed by atoms with van der Waals surface area (Å²) in [5.74, 6) is 0. The maximum Gasteiger partial charge on any atom is 0.297 e. The third-order valence-electron chi connectivity index (χ3n) is 2.74. The SMILES string of the molecule is Cc1ccccc1CN(C)c1nc(CN)co1. The van der Waals surface area contributed by atoms with Crippen LogP contribution in [0.2, 0.25) is 0 Å². The Bertz CT molecular complexity index is 493. The second kappa shape index (κ2) is 5.01. The minimum absolute atomic E-state index is 0.404. The van der Waals surface area contributed by atoms with Crippen molar-refractivity contribution in [2.24, 2.45) is 5.73 Å². The fourth-order valence-corrected chi connectivity index (χ4v) is 1.68. The Balaban J connectivity index is 2.11. The van der Waals surface area contributed by atoms with Crippen LogP contribution in [0.15, 0.2) is 34.9 Å². The van der Waals surface area contributed by atoms with E-state index in [1.165, 1.54) is 11.1 Å². The summed E-state index contributed by atoms with van der Waals surface area (Å²) in [4.78, 5) is 6.26. The number of benzene rings is 1. The second-order valence-corrected chi connectivity index (χ2v) is 4.11. The van der Waals surface area contributed by atoms with E-state index in [-0.39, 0.29) is 0 Å². The lowest BCUT2D eigenvalue weighted by atomic mass is 10.1. The van der Waals surface area contributed by atoms with Crippen LogP contribution in [0.25, 0.3) is 0 Å². The van der Waals surface area contributed by atoms with Gasteiger partial charge in [0.25, 0.3) is 6.01 Å². The Morgan fingerprint density at radius 3 is 2.76 bits per heavy atom. The van der Waals surface area contributed by atoms with Crippen molar-refractivity contribution >= 4 is 6.01 Å². The summed E-state index contributed by atoms with van der Waals surface area (Å²) in [5.41, 5.74) is 8.81. The van der Waals surface area contributed by atoms with Gasteiger partial charge in [0, 0.05) is 20.1 Å². The predicted molar refractivity (Wildman–Crippen MR) is 67.7 cm³/mol. The normalized spacial score (nSPS) is 10.5. The van der Waals surface area contributed by atoms with Gasteiger partial charge in [0.2, 0.25) is 0 Å². The van der Waals surface area contributed by atoms with Crippen molar-refractivity contribution in [3.8, 4) is 0 Å². The molecule has 0 fully saturated rings. The van der Waals surface area contributed by atoms with Crippen molar-refractivity contribution in [3.63, 3.8) is 0 Å². The highest BCUT2D eigenvalue weighted by atomic mass is 16.4. The standard InChI is InChI=1S/C13H17N3O/c1-10-5-3-4-6-11(10)8-16(2)13-15-12(7-14)9-17-13/h3-6,9H,7-8,14H2,1-2H3. The average Bonchev–Trinajstić information content (AvgIpc) is 2.81. The van der Waals surface area contributed by atoms with E-state index >= 15 is 0 Å². The smallest absolute Gasteiger partial charge is 0.297 e. The van der Waals surface area contributed by atoms with Gasteiger partial charge in [-0.3, -0.25) is 0 Å². The van der Waals surface area contributed by atoms with Crippen molar-refractivity contribution in [2.75, 3.05) is 11.9 Å². The van der Waals surface area contributed by atoms with Crippen molar-refractivity contribution < 1.29 is 4.42 Å². The van der Waals surface area contributed by atoms with Crippen molar-refractivity contribution in [1.82, 2.24) is 4.98 Å². The summed E-state index contributed by atoms with van der Waals surface area (Å²) in [5, 5.41) is 0. The summed E-state index contributed by atoms with van der Waals surface area (Å²) in [6.07, 6.45) is 1.60. The maximum atomic E-state index is 5.50. The monoisotopic (exact) mass is 231 g/mol. The zero-order valence-electron chi connectivity index (χ0n) is 10.2. The molecule has 1 aromatic heterocycles. The third kappa shape index (κ3) is 2.65. The van der Waals surface area contributed by atoms with Crippen molar-refractivity contribution in [2.45, 2.75) is 20.0 Å². The maximum absolute atomic E-state index is 5.50. The van der Waals surface area contributed by atoms with Crippen LogP contribution >= 0.6 is 0 Å². The van der Waals surface area contributed by atoms with E-state index in [2.05, 4.69) is 24.0 Å². The topological polar surface area (TPSA) is 55.3 Å². The number of aromatic nitrogens is 1. The molecule has 0 saturated carbocycles. The van der Waals surface area contributed by atoms with Crippen LogP contribution in [0.3, 0.4) is 0 Å². The molecule has 2 N–H and O–H groups in total. The third-order valence-corrected chi connectivity index (χ3v) is 2.74. The van der Waals surface area contributed by atoms with E-state index in [1.54, 1.807) is 6.26 Å². The molecule has 0 unspecified atom stereocenters. The molecule has 90 valence electrons. The van der Waals surface area contributed by atoms with E-state index in [4.69, 9.17) is 10.2 Å². The Kier molecular flexibility index (Phi) is 3.44. The first-order valence-electron chi connectivity index (χ1n) is 5.61. The molecule has 0 spiro atoms. The molecule has 2 rings (SSSR count). The average molecular weight is 231 g/mol. The van der Waals surface area contributed by atoms with Gasteiger partial charge < -0.3 is 15.1 Å². The summed E-state index contributed by atoms with van der Waals surface area (Å²) in [6.45, 7) is 3.28. The Morgan fingerprint density at radius 1 is 1.35 bits per heavy atom. The lowest BCUT2D eigenvalue weighted by Gasteiger charge is -2.15. The molecule has 0 amide bonds. The molecule has 0 aliphatic heterocycles. The van der Waals surface area contributed by atoms with Gasteiger partial charge in [0.05, 0.1) is 5.69 Å². The quantitative estimate of drug-likeness (QED) is 0.875. The number of hydrogen-bond acceptors (Lipinski definition) is 4. The predicted octanol–water partition coefficient (Wildman–Crippen LogP) is 2.08. The Morgan fingerprint density at radius 2 is 2.12 bits per heavy atom. The summed E-state index contributed by atoms with van der Waals surface area (Å²) in [7, 11) is 1.96. The number of aryl methyl sites for hydroxylation is 1. The number of oxazole rings is 1. The Hall–Kier alpha value is -1.81. The number of hydrogen-bond donors (Lipinski definition) is 1. The van der Waals surface area contributed by atoms with E-state index in [1.807, 2.05) is 24.1 Å². The molecule has 0 saturated heterocycles. The van der Waals surface area contributed by atoms with Gasteiger partial charge in [0.15, 0.2) is 0 Å². The number of nitrogens with zero attached hydrogens (tertiary/aromatic N) is 2. The van der Waals surface area contributed by atoms with Crippen molar-refractivity contribution in [3.05, 3.63) is 47.3 Å². The zero-order valence-corrected chi connectivity index (χ0v) is 10.2. The molecule has 0 aliphatic rings. The van der Waals surface area contributed by atoms with Crippen LogP contribution in [-0.2, 0) is 13.1 Å². The molecule has 0 aliphatic carbocycles. The molecule has 0 radical (unpaired) electrons. The zero-order chi connectivity index (χ0) is 12.3. The fourth-order valence-electron chi connectivity index (χ4n) is 1.68. The molecular weight excluding hydrogens is 214 g/mol. The minimum atomic E-state index is 0.404. The van der Waals surface area contributed by atoms with Gasteiger partial charge in [0.1, 0.15) is 6.26 Å². The molecule has 4 heteroatoms. The van der Waals surface area contributed by atoms with E-state index < -0.39 is 0 Å². The van der Waals surface area contributed by atoms with Gasteiger partial charge in [-0.1, -0.05) is 24.3 Å². The first-order valence-corrected chi connectivity index (χ1v) is 5.61. The Labute approximate surface area is 101 Å². The van der Waals surface area contributed by atoms with Crippen LogP contribution in [0.4, 0.5) is 6.01 Å². The first kappa shape index (κ1) is 11.7. The van der Waals surface area contributed by atoms with Crippen LogP contribution < -0.4 is 10.6 Å². The highest BCUT2D eigenvalue weighted by Gasteiger charge is 2.09. The highest BCUT2D eigenvalue weighted by Crippen LogP contribution is 2.16. The first-order chi connectivity index (χ1) is 8.20.